The van der Waals surface area contributed by atoms with Crippen molar-refractivity contribution in [2.75, 3.05) is 19.5 Å². The highest BCUT2D eigenvalue weighted by atomic mass is 16.5. The van der Waals surface area contributed by atoms with Crippen molar-refractivity contribution in [3.05, 3.63) is 60.4 Å². The molecule has 0 aliphatic carbocycles. The van der Waals surface area contributed by atoms with Crippen LogP contribution in [0.5, 0.6) is 5.75 Å². The SMILES string of the molecule is COc1cc(NC(=O)[C@H](OC)c2ccccc2)cc(-n2cnnn2)c1. The van der Waals surface area contributed by atoms with Crippen molar-refractivity contribution in [1.82, 2.24) is 20.2 Å². The number of hydrogen-bond donors (Lipinski definition) is 1. The zero-order chi connectivity index (χ0) is 17.6. The molecule has 0 fully saturated rings. The van der Waals surface area contributed by atoms with E-state index >= 15 is 0 Å². The maximum absolute atomic E-state index is 12.6. The minimum absolute atomic E-state index is 0.287. The molecule has 1 atom stereocenters. The van der Waals surface area contributed by atoms with Gasteiger partial charge in [0.25, 0.3) is 5.91 Å². The molecule has 1 aromatic heterocycles. The molecule has 8 heteroatoms. The van der Waals surface area contributed by atoms with Crippen molar-refractivity contribution >= 4 is 11.6 Å². The van der Waals surface area contributed by atoms with Crippen molar-refractivity contribution < 1.29 is 14.3 Å². The van der Waals surface area contributed by atoms with Gasteiger partial charge in [0.05, 0.1) is 12.8 Å². The third-order valence-electron chi connectivity index (χ3n) is 3.58. The summed E-state index contributed by atoms with van der Waals surface area (Å²) in [6.07, 6.45) is 0.742. The lowest BCUT2D eigenvalue weighted by Crippen LogP contribution is -2.22. The smallest absolute Gasteiger partial charge is 0.258 e. The third-order valence-corrected chi connectivity index (χ3v) is 3.58. The molecule has 1 N–H and O–H groups in total. The minimum Gasteiger partial charge on any atom is -0.497 e. The molecule has 0 radical (unpaired) electrons. The molecule has 0 aliphatic rings. The van der Waals surface area contributed by atoms with E-state index in [1.807, 2.05) is 30.3 Å². The molecule has 2 aromatic carbocycles. The first-order valence-electron chi connectivity index (χ1n) is 7.52. The summed E-state index contributed by atoms with van der Waals surface area (Å²) >= 11 is 0. The summed E-state index contributed by atoms with van der Waals surface area (Å²) in [6, 6.07) is 14.5. The van der Waals surface area contributed by atoms with E-state index < -0.39 is 6.10 Å². The molecule has 0 aliphatic heterocycles. The van der Waals surface area contributed by atoms with Crippen molar-refractivity contribution in [1.29, 1.82) is 0 Å². The first kappa shape index (κ1) is 16.6. The molecule has 8 nitrogen and oxygen atoms in total. The van der Waals surface area contributed by atoms with Gasteiger partial charge < -0.3 is 14.8 Å². The van der Waals surface area contributed by atoms with E-state index in [2.05, 4.69) is 20.8 Å². The molecule has 0 saturated heterocycles. The predicted octanol–water partition coefficient (Wildman–Crippen LogP) is 2.00. The lowest BCUT2D eigenvalue weighted by atomic mass is 10.1. The molecule has 0 unspecified atom stereocenters. The van der Waals surface area contributed by atoms with Crippen LogP contribution in [-0.2, 0) is 9.53 Å². The van der Waals surface area contributed by atoms with Crippen LogP contribution in [-0.4, -0.2) is 40.3 Å². The molecule has 0 spiro atoms. The van der Waals surface area contributed by atoms with Crippen LogP contribution >= 0.6 is 0 Å². The van der Waals surface area contributed by atoms with Crippen LogP contribution in [0.1, 0.15) is 11.7 Å². The fraction of sp³-hybridized carbons (Fsp3) is 0.176. The molecule has 3 aromatic rings. The van der Waals surface area contributed by atoms with Gasteiger partial charge in [-0.25, -0.2) is 4.68 Å². The maximum atomic E-state index is 12.6. The summed E-state index contributed by atoms with van der Waals surface area (Å²) in [4.78, 5) is 12.6. The molecular weight excluding hydrogens is 322 g/mol. The van der Waals surface area contributed by atoms with Gasteiger partial charge in [0.15, 0.2) is 6.10 Å². The highest BCUT2D eigenvalue weighted by Crippen LogP contribution is 2.25. The maximum Gasteiger partial charge on any atom is 0.258 e. The number of ether oxygens (including phenoxy) is 2. The van der Waals surface area contributed by atoms with Crippen molar-refractivity contribution in [3.63, 3.8) is 0 Å². The Morgan fingerprint density at radius 2 is 1.96 bits per heavy atom. The third kappa shape index (κ3) is 3.81. The average molecular weight is 339 g/mol. The second-order valence-electron chi connectivity index (χ2n) is 5.19. The average Bonchev–Trinajstić information content (AvgIpc) is 3.17. The van der Waals surface area contributed by atoms with Gasteiger partial charge in [-0.05, 0) is 22.1 Å². The van der Waals surface area contributed by atoms with Crippen molar-refractivity contribution in [2.24, 2.45) is 0 Å². The number of hydrogen-bond acceptors (Lipinski definition) is 6. The molecular formula is C17H17N5O3. The van der Waals surface area contributed by atoms with Crippen LogP contribution in [0.25, 0.3) is 5.69 Å². The molecule has 0 saturated carbocycles. The van der Waals surface area contributed by atoms with Gasteiger partial charge in [-0.3, -0.25) is 4.79 Å². The number of nitrogens with one attached hydrogen (secondary N) is 1. The van der Waals surface area contributed by atoms with Gasteiger partial charge in [-0.1, -0.05) is 30.3 Å². The van der Waals surface area contributed by atoms with E-state index in [4.69, 9.17) is 9.47 Å². The van der Waals surface area contributed by atoms with Crippen LogP contribution in [0.3, 0.4) is 0 Å². The van der Waals surface area contributed by atoms with Crippen LogP contribution in [0.2, 0.25) is 0 Å². The number of carbonyl (C=O) groups excluding carboxylic acids is 1. The van der Waals surface area contributed by atoms with E-state index in [9.17, 15) is 4.79 Å². The lowest BCUT2D eigenvalue weighted by molar-refractivity contribution is -0.126. The van der Waals surface area contributed by atoms with Gasteiger partial charge in [0.2, 0.25) is 0 Å². The van der Waals surface area contributed by atoms with Crippen LogP contribution in [0.15, 0.2) is 54.9 Å². The number of rotatable bonds is 6. The highest BCUT2D eigenvalue weighted by molar-refractivity contribution is 5.95. The summed E-state index contributed by atoms with van der Waals surface area (Å²) < 4.78 is 12.1. The monoisotopic (exact) mass is 339 g/mol. The first-order valence-corrected chi connectivity index (χ1v) is 7.52. The number of carbonyl (C=O) groups is 1. The highest BCUT2D eigenvalue weighted by Gasteiger charge is 2.20. The number of aromatic nitrogens is 4. The van der Waals surface area contributed by atoms with Gasteiger partial charge in [-0.15, -0.1) is 5.10 Å². The number of methoxy groups -OCH3 is 2. The summed E-state index contributed by atoms with van der Waals surface area (Å²) in [6.45, 7) is 0. The fourth-order valence-electron chi connectivity index (χ4n) is 2.42. The van der Waals surface area contributed by atoms with Crippen LogP contribution in [0, 0.1) is 0 Å². The Labute approximate surface area is 144 Å². The Kier molecular flexibility index (Phi) is 5.00. The number of nitrogens with zero attached hydrogens (tertiary/aromatic N) is 4. The second-order valence-corrected chi connectivity index (χ2v) is 5.19. The van der Waals surface area contributed by atoms with Gasteiger partial charge in [0, 0.05) is 24.9 Å². The molecule has 0 bridgehead atoms. The summed E-state index contributed by atoms with van der Waals surface area (Å²) in [5.41, 5.74) is 1.98. The zero-order valence-corrected chi connectivity index (χ0v) is 13.8. The van der Waals surface area contributed by atoms with Gasteiger partial charge >= 0.3 is 0 Å². The van der Waals surface area contributed by atoms with Gasteiger partial charge in [-0.2, -0.15) is 0 Å². The zero-order valence-electron chi connectivity index (χ0n) is 13.8. The first-order chi connectivity index (χ1) is 12.2. The summed E-state index contributed by atoms with van der Waals surface area (Å²) in [5.74, 6) is 0.279. The van der Waals surface area contributed by atoms with E-state index in [1.165, 1.54) is 18.1 Å². The number of amides is 1. The van der Waals surface area contributed by atoms with E-state index in [0.29, 0.717) is 17.1 Å². The quantitative estimate of drug-likeness (QED) is 0.738. The Bertz CT molecular complexity index is 837. The van der Waals surface area contributed by atoms with Crippen molar-refractivity contribution in [3.8, 4) is 11.4 Å². The van der Waals surface area contributed by atoms with Crippen molar-refractivity contribution in [2.45, 2.75) is 6.10 Å². The number of benzene rings is 2. The largest absolute Gasteiger partial charge is 0.497 e. The van der Waals surface area contributed by atoms with Crippen LogP contribution < -0.4 is 10.1 Å². The lowest BCUT2D eigenvalue weighted by Gasteiger charge is -2.16. The Balaban J connectivity index is 1.86. The van der Waals surface area contributed by atoms with E-state index in [-0.39, 0.29) is 5.91 Å². The second kappa shape index (κ2) is 7.54. The molecule has 128 valence electrons. The molecule has 1 amide bonds. The minimum atomic E-state index is -0.719. The van der Waals surface area contributed by atoms with E-state index in [1.54, 1.807) is 25.3 Å². The summed E-state index contributed by atoms with van der Waals surface area (Å²) in [7, 11) is 3.04. The topological polar surface area (TPSA) is 91.2 Å². The number of tetrazole rings is 1. The van der Waals surface area contributed by atoms with Gasteiger partial charge in [0.1, 0.15) is 12.1 Å². The Hall–Kier alpha value is -3.26. The standard InChI is InChI=1S/C17H17N5O3/c1-24-15-9-13(8-14(10-15)22-11-18-20-21-22)19-17(23)16(25-2)12-6-4-3-5-7-12/h3-11,16H,1-2H3,(H,19,23)/t16-/m1/s1. The normalized spacial score (nSPS) is 11.8. The predicted molar refractivity (Wildman–Crippen MR) is 90.5 cm³/mol. The molecule has 25 heavy (non-hydrogen) atoms. The number of anilines is 1. The Morgan fingerprint density at radius 1 is 1.16 bits per heavy atom. The van der Waals surface area contributed by atoms with Crippen LogP contribution in [0.4, 0.5) is 5.69 Å². The molecule has 1 heterocycles. The van der Waals surface area contributed by atoms with E-state index in [0.717, 1.165) is 5.56 Å². The Morgan fingerprint density at radius 3 is 2.60 bits per heavy atom. The fourth-order valence-corrected chi connectivity index (χ4v) is 2.42. The summed E-state index contributed by atoms with van der Waals surface area (Å²) in [5, 5.41) is 13.9. The molecule has 3 rings (SSSR count).